The Bertz CT molecular complexity index is 902. The van der Waals surface area contributed by atoms with Crippen LogP contribution >= 0.6 is 0 Å². The third-order valence-corrected chi connectivity index (χ3v) is 5.45. The van der Waals surface area contributed by atoms with E-state index in [4.69, 9.17) is 0 Å². The molecule has 0 spiro atoms. The lowest BCUT2D eigenvalue weighted by Crippen LogP contribution is -2.49. The van der Waals surface area contributed by atoms with E-state index in [1.165, 1.54) is 30.3 Å². The largest absolute Gasteiger partial charge is 0.405 e. The molecule has 2 rings (SSSR count). The van der Waals surface area contributed by atoms with Crippen LogP contribution in [0.2, 0.25) is 0 Å². The molecule has 0 saturated carbocycles. The third-order valence-electron chi connectivity index (χ3n) is 3.56. The second-order valence-electron chi connectivity index (χ2n) is 5.60. The van der Waals surface area contributed by atoms with Crippen LogP contribution in [-0.2, 0) is 14.8 Å². The van der Waals surface area contributed by atoms with Gasteiger partial charge in [0.05, 0.1) is 10.6 Å². The molecule has 0 aliphatic carbocycles. The molecule has 2 aromatic rings. The highest BCUT2D eigenvalue weighted by Crippen LogP contribution is 2.26. The molecular formula is C17H16F4N2O3S. The fourth-order valence-corrected chi connectivity index (χ4v) is 3.98. The topological polar surface area (TPSA) is 66.5 Å². The zero-order valence-electron chi connectivity index (χ0n) is 14.1. The van der Waals surface area contributed by atoms with Crippen LogP contribution in [0.4, 0.5) is 23.2 Å². The van der Waals surface area contributed by atoms with Crippen LogP contribution in [0.3, 0.4) is 0 Å². The van der Waals surface area contributed by atoms with Gasteiger partial charge in [-0.3, -0.25) is 9.10 Å². The molecule has 5 nitrogen and oxygen atoms in total. The van der Waals surface area contributed by atoms with Crippen LogP contribution in [0.5, 0.6) is 0 Å². The first-order valence-electron chi connectivity index (χ1n) is 7.72. The Morgan fingerprint density at radius 3 is 2.30 bits per heavy atom. The van der Waals surface area contributed by atoms with Gasteiger partial charge < -0.3 is 5.32 Å². The van der Waals surface area contributed by atoms with Gasteiger partial charge in [-0.25, -0.2) is 12.8 Å². The van der Waals surface area contributed by atoms with Crippen molar-refractivity contribution in [2.45, 2.75) is 24.0 Å². The summed E-state index contributed by atoms with van der Waals surface area (Å²) >= 11 is 0. The summed E-state index contributed by atoms with van der Waals surface area (Å²) < 4.78 is 77.2. The third kappa shape index (κ3) is 5.19. The highest BCUT2D eigenvalue weighted by molar-refractivity contribution is 7.92. The molecule has 146 valence electrons. The summed E-state index contributed by atoms with van der Waals surface area (Å²) in [5, 5.41) is 1.66. The van der Waals surface area contributed by atoms with Crippen molar-refractivity contribution in [1.82, 2.24) is 5.32 Å². The van der Waals surface area contributed by atoms with Crippen molar-refractivity contribution in [3.63, 3.8) is 0 Å². The molecule has 0 saturated heterocycles. The number of amides is 1. The van der Waals surface area contributed by atoms with Crippen molar-refractivity contribution < 1.29 is 30.8 Å². The van der Waals surface area contributed by atoms with E-state index in [1.807, 2.05) is 0 Å². The summed E-state index contributed by atoms with van der Waals surface area (Å²) in [5.41, 5.74) is 0.0522. The van der Waals surface area contributed by atoms with Gasteiger partial charge in [0.25, 0.3) is 10.0 Å². The molecule has 1 N–H and O–H groups in total. The molecule has 10 heteroatoms. The van der Waals surface area contributed by atoms with E-state index < -0.39 is 45.4 Å². The van der Waals surface area contributed by atoms with Crippen LogP contribution < -0.4 is 9.62 Å². The summed E-state index contributed by atoms with van der Waals surface area (Å²) in [6.07, 6.45) is -4.64. The van der Waals surface area contributed by atoms with Gasteiger partial charge in [0.2, 0.25) is 5.91 Å². The Morgan fingerprint density at radius 2 is 1.74 bits per heavy atom. The van der Waals surface area contributed by atoms with E-state index in [9.17, 15) is 30.8 Å². The van der Waals surface area contributed by atoms with E-state index in [0.29, 0.717) is 4.31 Å². The van der Waals surface area contributed by atoms with E-state index in [-0.39, 0.29) is 5.69 Å². The smallest absolute Gasteiger partial charge is 0.345 e. The number of anilines is 1. The SMILES string of the molecule is CC(C(=O)NCC(F)(F)F)N(c1ccccc1)S(=O)(=O)c1cccc(F)c1. The first kappa shape index (κ1) is 20.7. The molecule has 0 heterocycles. The maximum Gasteiger partial charge on any atom is 0.405 e. The highest BCUT2D eigenvalue weighted by atomic mass is 32.2. The van der Waals surface area contributed by atoms with Crippen molar-refractivity contribution in [1.29, 1.82) is 0 Å². The number of rotatable bonds is 6. The maximum atomic E-state index is 13.5. The maximum absolute atomic E-state index is 13.5. The standard InChI is InChI=1S/C17H16F4N2O3S/c1-12(16(24)22-11-17(19,20)21)23(14-7-3-2-4-8-14)27(25,26)15-9-5-6-13(18)10-15/h2-10,12H,11H2,1H3,(H,22,24). The van der Waals surface area contributed by atoms with Crippen molar-refractivity contribution in [2.24, 2.45) is 0 Å². The second kappa shape index (κ2) is 7.95. The number of para-hydroxylation sites is 1. The summed E-state index contributed by atoms with van der Waals surface area (Å²) in [4.78, 5) is 11.7. The Labute approximate surface area is 153 Å². The van der Waals surface area contributed by atoms with Gasteiger partial charge in [-0.05, 0) is 37.3 Å². The molecular weight excluding hydrogens is 388 g/mol. The van der Waals surface area contributed by atoms with Crippen molar-refractivity contribution in [3.8, 4) is 0 Å². The van der Waals surface area contributed by atoms with Gasteiger partial charge in [-0.1, -0.05) is 24.3 Å². The molecule has 0 aliphatic rings. The summed E-state index contributed by atoms with van der Waals surface area (Å²) in [6, 6.07) is 9.99. The fraction of sp³-hybridized carbons (Fsp3) is 0.235. The minimum atomic E-state index is -4.64. The van der Waals surface area contributed by atoms with Crippen LogP contribution in [0, 0.1) is 5.82 Å². The lowest BCUT2D eigenvalue weighted by Gasteiger charge is -2.29. The zero-order valence-corrected chi connectivity index (χ0v) is 14.9. The molecule has 0 radical (unpaired) electrons. The number of benzene rings is 2. The number of nitrogens with zero attached hydrogens (tertiary/aromatic N) is 1. The number of hydrogen-bond acceptors (Lipinski definition) is 3. The molecule has 0 aromatic heterocycles. The minimum absolute atomic E-state index is 0.0522. The predicted molar refractivity (Wildman–Crippen MR) is 91.0 cm³/mol. The Balaban J connectivity index is 2.45. The number of nitrogens with one attached hydrogen (secondary N) is 1. The molecule has 0 aliphatic heterocycles. The van der Waals surface area contributed by atoms with E-state index in [1.54, 1.807) is 11.4 Å². The van der Waals surface area contributed by atoms with Crippen LogP contribution in [0.1, 0.15) is 6.92 Å². The van der Waals surface area contributed by atoms with E-state index >= 15 is 0 Å². The average molecular weight is 404 g/mol. The highest BCUT2D eigenvalue weighted by Gasteiger charge is 2.35. The number of carbonyl (C=O) groups excluding carboxylic acids is 1. The normalized spacial score (nSPS) is 13.1. The summed E-state index contributed by atoms with van der Waals surface area (Å²) in [6.45, 7) is -0.450. The summed E-state index contributed by atoms with van der Waals surface area (Å²) in [7, 11) is -4.42. The monoisotopic (exact) mass is 404 g/mol. The molecule has 27 heavy (non-hydrogen) atoms. The molecule has 1 amide bonds. The van der Waals surface area contributed by atoms with Crippen molar-refractivity contribution in [3.05, 3.63) is 60.4 Å². The van der Waals surface area contributed by atoms with E-state index in [0.717, 1.165) is 25.1 Å². The van der Waals surface area contributed by atoms with Crippen molar-refractivity contribution >= 4 is 21.6 Å². The molecule has 2 aromatic carbocycles. The average Bonchev–Trinajstić information content (AvgIpc) is 2.60. The Morgan fingerprint density at radius 1 is 1.11 bits per heavy atom. The minimum Gasteiger partial charge on any atom is -0.345 e. The van der Waals surface area contributed by atoms with Crippen LogP contribution in [-0.4, -0.2) is 33.1 Å². The molecule has 1 atom stereocenters. The predicted octanol–water partition coefficient (Wildman–Crippen LogP) is 3.09. The zero-order chi connectivity index (χ0) is 20.2. The van der Waals surface area contributed by atoms with Gasteiger partial charge in [-0.15, -0.1) is 0 Å². The lowest BCUT2D eigenvalue weighted by atomic mass is 10.2. The quantitative estimate of drug-likeness (QED) is 0.753. The van der Waals surface area contributed by atoms with Gasteiger partial charge in [-0.2, -0.15) is 13.2 Å². The van der Waals surface area contributed by atoms with Crippen LogP contribution in [0.15, 0.2) is 59.5 Å². The molecule has 1 unspecified atom stereocenters. The van der Waals surface area contributed by atoms with Gasteiger partial charge in [0.1, 0.15) is 18.4 Å². The molecule has 0 fully saturated rings. The Hall–Kier alpha value is -2.62. The van der Waals surface area contributed by atoms with Gasteiger partial charge in [0.15, 0.2) is 0 Å². The molecule has 0 bridgehead atoms. The first-order valence-corrected chi connectivity index (χ1v) is 9.16. The summed E-state index contributed by atoms with van der Waals surface area (Å²) in [5.74, 6) is -1.95. The van der Waals surface area contributed by atoms with Crippen LogP contribution in [0.25, 0.3) is 0 Å². The number of halogens is 4. The number of hydrogen-bond donors (Lipinski definition) is 1. The van der Waals surface area contributed by atoms with Crippen molar-refractivity contribution in [2.75, 3.05) is 10.8 Å². The van der Waals surface area contributed by atoms with Gasteiger partial charge in [0, 0.05) is 0 Å². The lowest BCUT2D eigenvalue weighted by molar-refractivity contribution is -0.138. The second-order valence-corrected chi connectivity index (χ2v) is 7.42. The number of sulfonamides is 1. The Kier molecular flexibility index (Phi) is 6.09. The number of alkyl halides is 3. The fourth-order valence-electron chi connectivity index (χ4n) is 2.33. The van der Waals surface area contributed by atoms with Gasteiger partial charge >= 0.3 is 6.18 Å². The first-order chi connectivity index (χ1) is 12.5. The number of carbonyl (C=O) groups is 1. The van der Waals surface area contributed by atoms with E-state index in [2.05, 4.69) is 0 Å².